The Labute approximate surface area is 137 Å². The normalized spacial score (nSPS) is 23.3. The number of likely N-dealkylation sites (tertiary alicyclic amines) is 1. The molecule has 2 aliphatic rings. The summed E-state index contributed by atoms with van der Waals surface area (Å²) in [6, 6.07) is 7.48. The number of nitrogens with zero attached hydrogens (tertiary/aromatic N) is 1. The van der Waals surface area contributed by atoms with Crippen molar-refractivity contribution in [2.75, 3.05) is 13.1 Å². The summed E-state index contributed by atoms with van der Waals surface area (Å²) in [5.74, 6) is -0.974. The van der Waals surface area contributed by atoms with E-state index in [0.717, 1.165) is 4.90 Å². The number of carbonyl (C=O) groups excluding carboxylic acids is 1. The number of hydrogen-bond donors (Lipinski definition) is 0. The minimum absolute atomic E-state index is 0.0243. The standard InChI is InChI=1S/C15H16F3NO4S/c16-15(17,18)14(7-8-14)13(20)19-9-6-11(10-19)23-24(21,22)12-4-2-1-3-5-12/h1-5,11H,6-10H2. The Hall–Kier alpha value is -1.61. The van der Waals surface area contributed by atoms with Gasteiger partial charge < -0.3 is 4.90 Å². The molecule has 1 heterocycles. The molecule has 1 aromatic carbocycles. The highest BCUT2D eigenvalue weighted by Gasteiger charge is 2.69. The van der Waals surface area contributed by atoms with Gasteiger partial charge in [-0.2, -0.15) is 21.6 Å². The lowest BCUT2D eigenvalue weighted by Gasteiger charge is -2.24. The topological polar surface area (TPSA) is 63.7 Å². The number of halogens is 3. The molecule has 0 N–H and O–H groups in total. The van der Waals surface area contributed by atoms with E-state index in [2.05, 4.69) is 0 Å². The Kier molecular flexibility index (Phi) is 4.11. The molecule has 1 aromatic rings. The van der Waals surface area contributed by atoms with Gasteiger partial charge in [-0.25, -0.2) is 0 Å². The van der Waals surface area contributed by atoms with Gasteiger partial charge in [-0.05, 0) is 31.4 Å². The van der Waals surface area contributed by atoms with Crippen molar-refractivity contribution in [3.8, 4) is 0 Å². The molecule has 1 amide bonds. The van der Waals surface area contributed by atoms with Crippen LogP contribution < -0.4 is 0 Å². The van der Waals surface area contributed by atoms with Crippen LogP contribution in [0, 0.1) is 5.41 Å². The molecule has 132 valence electrons. The van der Waals surface area contributed by atoms with Crippen molar-refractivity contribution in [2.45, 2.75) is 36.4 Å². The predicted molar refractivity (Wildman–Crippen MR) is 77.4 cm³/mol. The fraction of sp³-hybridized carbons (Fsp3) is 0.533. The second-order valence-electron chi connectivity index (χ2n) is 6.11. The SMILES string of the molecule is O=C(N1CCC(OS(=O)(=O)c2ccccc2)C1)C1(C(F)(F)F)CC1. The Morgan fingerprint density at radius 1 is 1.21 bits per heavy atom. The van der Waals surface area contributed by atoms with Gasteiger partial charge in [0.2, 0.25) is 5.91 Å². The molecular formula is C15H16F3NO4S. The maximum atomic E-state index is 13.0. The second kappa shape index (κ2) is 5.73. The van der Waals surface area contributed by atoms with Gasteiger partial charge in [0.05, 0.1) is 11.0 Å². The smallest absolute Gasteiger partial charge is 0.339 e. The van der Waals surface area contributed by atoms with E-state index in [1.165, 1.54) is 12.1 Å². The summed E-state index contributed by atoms with van der Waals surface area (Å²) in [4.78, 5) is 13.2. The number of amides is 1. The summed E-state index contributed by atoms with van der Waals surface area (Å²) < 4.78 is 68.4. The van der Waals surface area contributed by atoms with Crippen LogP contribution in [0.2, 0.25) is 0 Å². The van der Waals surface area contributed by atoms with Gasteiger partial charge in [-0.3, -0.25) is 8.98 Å². The maximum Gasteiger partial charge on any atom is 0.403 e. The molecule has 0 radical (unpaired) electrons. The third kappa shape index (κ3) is 3.02. The summed E-state index contributed by atoms with van der Waals surface area (Å²) in [6.45, 7) is -0.0889. The molecule has 0 aromatic heterocycles. The van der Waals surface area contributed by atoms with Gasteiger partial charge in [0.25, 0.3) is 10.1 Å². The first kappa shape index (κ1) is 17.2. The average Bonchev–Trinajstić information content (AvgIpc) is 3.22. The Balaban J connectivity index is 1.65. The van der Waals surface area contributed by atoms with E-state index < -0.39 is 33.7 Å². The number of rotatable bonds is 4. The molecule has 1 atom stereocenters. The van der Waals surface area contributed by atoms with Crippen LogP contribution in [0.4, 0.5) is 13.2 Å². The molecule has 24 heavy (non-hydrogen) atoms. The zero-order valence-electron chi connectivity index (χ0n) is 12.6. The summed E-state index contributed by atoms with van der Waals surface area (Å²) in [5.41, 5.74) is -2.28. The van der Waals surface area contributed by atoms with Crippen LogP contribution in [0.25, 0.3) is 0 Å². The molecule has 9 heteroatoms. The minimum atomic E-state index is -4.57. The Bertz CT molecular complexity index is 729. The summed E-state index contributed by atoms with van der Waals surface area (Å²) in [6.07, 6.45) is -5.63. The van der Waals surface area contributed by atoms with Crippen molar-refractivity contribution in [3.05, 3.63) is 30.3 Å². The van der Waals surface area contributed by atoms with Crippen LogP contribution in [0.1, 0.15) is 19.3 Å². The zero-order valence-corrected chi connectivity index (χ0v) is 13.4. The highest BCUT2D eigenvalue weighted by Crippen LogP contribution is 2.58. The van der Waals surface area contributed by atoms with Crippen molar-refractivity contribution in [1.29, 1.82) is 0 Å². The highest BCUT2D eigenvalue weighted by atomic mass is 32.2. The first-order chi connectivity index (χ1) is 11.2. The van der Waals surface area contributed by atoms with Gasteiger partial charge in [0.1, 0.15) is 5.41 Å². The maximum absolute atomic E-state index is 13.0. The van der Waals surface area contributed by atoms with E-state index in [4.69, 9.17) is 4.18 Å². The van der Waals surface area contributed by atoms with Gasteiger partial charge in [-0.1, -0.05) is 18.2 Å². The first-order valence-electron chi connectivity index (χ1n) is 7.50. The molecule has 1 unspecified atom stereocenters. The molecule has 1 aliphatic heterocycles. The van der Waals surface area contributed by atoms with Crippen LogP contribution >= 0.6 is 0 Å². The van der Waals surface area contributed by atoms with Crippen LogP contribution in [-0.2, 0) is 19.1 Å². The first-order valence-corrected chi connectivity index (χ1v) is 8.91. The molecule has 0 bridgehead atoms. The lowest BCUT2D eigenvalue weighted by atomic mass is 10.1. The van der Waals surface area contributed by atoms with Gasteiger partial charge in [0.15, 0.2) is 0 Å². The van der Waals surface area contributed by atoms with E-state index in [1.807, 2.05) is 0 Å². The fourth-order valence-corrected chi connectivity index (χ4v) is 3.98. The van der Waals surface area contributed by atoms with Crippen molar-refractivity contribution in [1.82, 2.24) is 4.90 Å². The third-order valence-electron chi connectivity index (χ3n) is 4.43. The van der Waals surface area contributed by atoms with Crippen molar-refractivity contribution in [3.63, 3.8) is 0 Å². The Morgan fingerprint density at radius 3 is 2.38 bits per heavy atom. The largest absolute Gasteiger partial charge is 0.403 e. The summed E-state index contributed by atoms with van der Waals surface area (Å²) in [7, 11) is -4.00. The van der Waals surface area contributed by atoms with E-state index in [1.54, 1.807) is 18.2 Å². The number of alkyl halides is 3. The minimum Gasteiger partial charge on any atom is -0.339 e. The van der Waals surface area contributed by atoms with E-state index >= 15 is 0 Å². The van der Waals surface area contributed by atoms with Crippen molar-refractivity contribution >= 4 is 16.0 Å². The highest BCUT2D eigenvalue weighted by molar-refractivity contribution is 7.86. The second-order valence-corrected chi connectivity index (χ2v) is 7.68. The van der Waals surface area contributed by atoms with Gasteiger partial charge in [-0.15, -0.1) is 0 Å². The molecule has 5 nitrogen and oxygen atoms in total. The van der Waals surface area contributed by atoms with Gasteiger partial charge >= 0.3 is 6.18 Å². The monoisotopic (exact) mass is 363 g/mol. The quantitative estimate of drug-likeness (QED) is 0.771. The third-order valence-corrected chi connectivity index (χ3v) is 5.80. The van der Waals surface area contributed by atoms with E-state index in [-0.39, 0.29) is 37.2 Å². The molecule has 2 fully saturated rings. The summed E-state index contributed by atoms with van der Waals surface area (Å²) >= 11 is 0. The van der Waals surface area contributed by atoms with Crippen LogP contribution in [0.5, 0.6) is 0 Å². The number of benzene rings is 1. The zero-order chi connectivity index (χ0) is 17.6. The number of hydrogen-bond acceptors (Lipinski definition) is 4. The van der Waals surface area contributed by atoms with Gasteiger partial charge in [0, 0.05) is 13.1 Å². The van der Waals surface area contributed by atoms with Crippen LogP contribution in [-0.4, -0.2) is 44.6 Å². The molecular weight excluding hydrogens is 347 g/mol. The lowest BCUT2D eigenvalue weighted by Crippen LogP contribution is -2.43. The Morgan fingerprint density at radius 2 is 1.83 bits per heavy atom. The number of carbonyl (C=O) groups is 1. The fourth-order valence-electron chi connectivity index (χ4n) is 2.86. The molecule has 0 spiro atoms. The average molecular weight is 363 g/mol. The van der Waals surface area contributed by atoms with Crippen molar-refractivity contribution in [2.24, 2.45) is 5.41 Å². The van der Waals surface area contributed by atoms with E-state index in [9.17, 15) is 26.4 Å². The van der Waals surface area contributed by atoms with Crippen molar-refractivity contribution < 1.29 is 30.6 Å². The molecule has 1 saturated heterocycles. The summed E-state index contributed by atoms with van der Waals surface area (Å²) in [5, 5.41) is 0. The predicted octanol–water partition coefficient (Wildman–Crippen LogP) is 2.34. The van der Waals surface area contributed by atoms with Crippen LogP contribution in [0.15, 0.2) is 35.2 Å². The molecule has 1 aliphatic carbocycles. The molecule has 3 rings (SSSR count). The van der Waals surface area contributed by atoms with Crippen LogP contribution in [0.3, 0.4) is 0 Å². The lowest BCUT2D eigenvalue weighted by molar-refractivity contribution is -0.198. The van der Waals surface area contributed by atoms with E-state index in [0.29, 0.717) is 0 Å². The molecule has 1 saturated carbocycles.